The van der Waals surface area contributed by atoms with Crippen LogP contribution in [-0.4, -0.2) is 377 Å². The molecule has 0 spiro atoms. The lowest BCUT2D eigenvalue weighted by molar-refractivity contribution is -0.396. The second kappa shape index (κ2) is 30.3. The average molecular weight is 1360 g/mol. The second-order valence-corrected chi connectivity index (χ2v) is 23.9. The topological polar surface area (TPSA) is 594 Å². The Bertz CT molecular complexity index is 2890. The molecule has 0 radical (unpaired) electrons. The first-order chi connectivity index (χ1) is 45.0. The Labute approximate surface area is 530 Å². The van der Waals surface area contributed by atoms with Gasteiger partial charge in [0.25, 0.3) is 0 Å². The van der Waals surface area contributed by atoms with Gasteiger partial charge in [-0.05, 0) is 35.0 Å². The van der Waals surface area contributed by atoms with Crippen LogP contribution in [0.1, 0.15) is 5.69 Å². The van der Waals surface area contributed by atoms with Crippen LogP contribution in [-0.2, 0) is 79.5 Å². The maximum Gasteiger partial charge on any atom is 0.187 e. The zero-order valence-corrected chi connectivity index (χ0v) is 49.3. The first-order valence-electron chi connectivity index (χ1n) is 30.1. The molecule has 0 saturated carbocycles. The number of hydrogen-bond donors (Lipinski definition) is 21. The first kappa shape index (κ1) is 71.4. The number of aromatic nitrogens is 3. The molecule has 14 bridgehead atoms. The van der Waals surface area contributed by atoms with Gasteiger partial charge in [0.1, 0.15) is 189 Å². The largest absolute Gasteiger partial charge is 0.508 e. The number of aliphatic hydroxyl groups is 20. The molecule has 39 nitrogen and oxygen atoms in total. The predicted octanol–water partition coefficient (Wildman–Crippen LogP) is -12.5. The lowest BCUT2D eigenvalue weighted by Gasteiger charge is -2.50. The summed E-state index contributed by atoms with van der Waals surface area (Å²) in [6.45, 7) is -7.15. The third-order valence-electron chi connectivity index (χ3n) is 17.8. The molecular formula is C55H79N3O36. The third-order valence-corrected chi connectivity index (χ3v) is 17.8. The van der Waals surface area contributed by atoms with Crippen LogP contribution in [0.4, 0.5) is 0 Å². The van der Waals surface area contributed by atoms with Crippen molar-refractivity contribution in [1.82, 2.24) is 15.0 Å². The van der Waals surface area contributed by atoms with Gasteiger partial charge < -0.3 is 178 Å². The van der Waals surface area contributed by atoms with Crippen molar-refractivity contribution in [2.45, 2.75) is 228 Å². The number of rotatable bonds is 11. The van der Waals surface area contributed by atoms with E-state index >= 15 is 0 Å². The summed E-state index contributed by atoms with van der Waals surface area (Å²) in [6.07, 6.45) is -70.0. The maximum atomic E-state index is 12.1. The number of phenols is 1. The Morgan fingerprint density at radius 3 is 0.894 bits per heavy atom. The fourth-order valence-electron chi connectivity index (χ4n) is 12.6. The van der Waals surface area contributed by atoms with Gasteiger partial charge in [-0.25, -0.2) is 4.68 Å². The normalized spacial score (nSPS) is 47.5. The molecule has 24 rings (SSSR count). The van der Waals surface area contributed by atoms with Crippen molar-refractivity contribution < 1.29 is 178 Å². The van der Waals surface area contributed by atoms with E-state index in [1.54, 1.807) is 30.3 Å². The molecule has 21 aliphatic heterocycles. The molecule has 94 heavy (non-hydrogen) atoms. The molecule has 2 aromatic carbocycles. The van der Waals surface area contributed by atoms with E-state index in [4.69, 9.17) is 71.1 Å². The number of benzene rings is 2. The highest BCUT2D eigenvalue weighted by Gasteiger charge is 2.60. The summed E-state index contributed by atoms with van der Waals surface area (Å²) in [6, 6.07) is 9.71. The van der Waals surface area contributed by atoms with Crippen molar-refractivity contribution in [2.75, 3.05) is 39.6 Å². The first-order valence-corrected chi connectivity index (χ1v) is 30.1. The Morgan fingerprint density at radius 2 is 0.596 bits per heavy atom. The summed E-state index contributed by atoms with van der Waals surface area (Å²) in [4.78, 5) is 0. The van der Waals surface area contributed by atoms with Crippen LogP contribution in [0.15, 0.2) is 42.6 Å². The molecule has 0 amide bonds. The van der Waals surface area contributed by atoms with E-state index in [-0.39, 0.29) is 18.1 Å². The van der Waals surface area contributed by atoms with E-state index in [1.165, 1.54) is 16.9 Å². The van der Waals surface area contributed by atoms with Crippen molar-refractivity contribution in [2.24, 2.45) is 0 Å². The molecule has 530 valence electrons. The molecule has 21 saturated heterocycles. The van der Waals surface area contributed by atoms with Gasteiger partial charge in [-0.15, -0.1) is 5.10 Å². The SMILES string of the molecule is OC[C@H]1O[C@@H]2O[C@H]3[C@H](O)[C@@H](O)[C@@H](O[C@H]4[C@H](O)[C@@H](O)[C@@H](O[C@H]5[C@H](O)[C@@H](O)[C@@H](O[C@H]6[C@H](O)[C@@H](O)[C@@H](O[C@H]7[C@H](O)[C@@H](O)[C@@H](O[C@H]8[C@H](O)[C@@H](O)[C@@H](O[C@H]1[C@H](O)[C@H]2O)O[C@@H]8CO)O[C@@H]7CO)O[C@@H]6CO)O[C@@H]5Cn1nncc1COc1ccc2cc(O)ccc2c1)O[C@@H]4CO)O[C@@H]3CO. The Balaban J connectivity index is 0.892. The summed E-state index contributed by atoms with van der Waals surface area (Å²) >= 11 is 0. The minimum Gasteiger partial charge on any atom is -0.508 e. The number of phenolic OH excluding ortho intramolecular Hbond substituents is 1. The summed E-state index contributed by atoms with van der Waals surface area (Å²) in [7, 11) is 0. The zero-order valence-electron chi connectivity index (χ0n) is 49.3. The zero-order chi connectivity index (χ0) is 67.3. The highest BCUT2D eigenvalue weighted by Crippen LogP contribution is 2.40. The van der Waals surface area contributed by atoms with Gasteiger partial charge in [-0.2, -0.15) is 0 Å². The van der Waals surface area contributed by atoms with Gasteiger partial charge in [0.2, 0.25) is 0 Å². The quantitative estimate of drug-likeness (QED) is 0.0848. The molecule has 39 heteroatoms. The smallest absolute Gasteiger partial charge is 0.187 e. The van der Waals surface area contributed by atoms with Gasteiger partial charge in [-0.3, -0.25) is 0 Å². The van der Waals surface area contributed by atoms with Crippen molar-refractivity contribution in [3.8, 4) is 11.5 Å². The van der Waals surface area contributed by atoms with Gasteiger partial charge in [0.15, 0.2) is 44.0 Å². The van der Waals surface area contributed by atoms with E-state index in [9.17, 15) is 107 Å². The highest BCUT2D eigenvalue weighted by atomic mass is 16.8. The lowest BCUT2D eigenvalue weighted by Crippen LogP contribution is -2.68. The summed E-state index contributed by atoms with van der Waals surface area (Å²) < 4.78 is 89.2. The molecule has 21 fully saturated rings. The van der Waals surface area contributed by atoms with Gasteiger partial charge in [0, 0.05) is 0 Å². The number of ether oxygens (including phenoxy) is 15. The molecule has 0 aliphatic carbocycles. The van der Waals surface area contributed by atoms with E-state index in [0.29, 0.717) is 16.5 Å². The van der Waals surface area contributed by atoms with Gasteiger partial charge in [0.05, 0.1) is 58.1 Å². The molecule has 3 aromatic rings. The maximum absolute atomic E-state index is 12.1. The van der Waals surface area contributed by atoms with Crippen LogP contribution in [0.3, 0.4) is 0 Å². The fraction of sp³-hybridized carbons (Fsp3) is 0.782. The standard InChI is InChI=1S/C55H79N3O36/c59-9-22-43-30(68)37(75)51(83-22)91-45-24(11-61)85-53(39(77)32(45)70)93-47-26(13-63)87-55(41(79)34(47)72)94-48-27(14-64)86-54(40(78)33(48)71)92-46-25(12-62)84-52(38(76)31(46)69)90-44-23(10-60)82-50(36(74)29(44)67)88-42-21(81-49(89-43)35(73)28(42)66)8-58-18(7-56-57-58)15-80-20-4-2-16-5-19(65)3-1-17(16)6-20/h1-7,21-55,59-79H,8-15H2/t21-,22-,23-,24-,25-,26-,27-,28-,29-,30-,31-,32-,33-,34-,35-,36-,37-,38-,39-,40-,41-,42-,43-,44-,45-,46-,47-,48-,49-,50-,51-,52-,53-,54-,55-/m1/s1. The molecule has 1 aromatic heterocycles. The van der Waals surface area contributed by atoms with Gasteiger partial charge >= 0.3 is 0 Å². The summed E-state index contributed by atoms with van der Waals surface area (Å²) in [5.74, 6) is 0.400. The number of nitrogens with zero attached hydrogens (tertiary/aromatic N) is 3. The van der Waals surface area contributed by atoms with E-state index in [2.05, 4.69) is 10.3 Å². The van der Waals surface area contributed by atoms with Crippen LogP contribution >= 0.6 is 0 Å². The lowest BCUT2D eigenvalue weighted by atomic mass is 9.95. The Kier molecular flexibility index (Phi) is 23.0. The number of aromatic hydroxyl groups is 1. The molecule has 21 aliphatic rings. The molecule has 22 heterocycles. The predicted molar refractivity (Wildman–Crippen MR) is 291 cm³/mol. The minimum absolute atomic E-state index is 0.0384. The fourth-order valence-corrected chi connectivity index (χ4v) is 12.6. The van der Waals surface area contributed by atoms with Crippen molar-refractivity contribution in [3.05, 3.63) is 48.3 Å². The van der Waals surface area contributed by atoms with Crippen molar-refractivity contribution in [3.63, 3.8) is 0 Å². The van der Waals surface area contributed by atoms with Crippen LogP contribution in [0, 0.1) is 0 Å². The third kappa shape index (κ3) is 14.2. The average Bonchev–Trinajstić information content (AvgIpc) is 0.886. The van der Waals surface area contributed by atoms with Crippen LogP contribution < -0.4 is 4.74 Å². The Morgan fingerprint density at radius 1 is 0.330 bits per heavy atom. The molecule has 21 N–H and O–H groups in total. The summed E-state index contributed by atoms with van der Waals surface area (Å²) in [5.41, 5.74) is 0.237. The van der Waals surface area contributed by atoms with Crippen molar-refractivity contribution in [1.29, 1.82) is 0 Å². The highest BCUT2D eigenvalue weighted by molar-refractivity contribution is 5.85. The van der Waals surface area contributed by atoms with Crippen LogP contribution in [0.2, 0.25) is 0 Å². The second-order valence-electron chi connectivity index (χ2n) is 23.9. The number of aliphatic hydroxyl groups excluding tert-OH is 20. The summed E-state index contributed by atoms with van der Waals surface area (Å²) in [5, 5.41) is 245. The van der Waals surface area contributed by atoms with Crippen molar-refractivity contribution >= 4 is 10.8 Å². The van der Waals surface area contributed by atoms with Crippen LogP contribution in [0.5, 0.6) is 11.5 Å². The monoisotopic (exact) mass is 1360 g/mol. The number of hydrogen-bond acceptors (Lipinski definition) is 38. The van der Waals surface area contributed by atoms with E-state index in [0.717, 1.165) is 0 Å². The molecular weight excluding hydrogens is 1280 g/mol. The Hall–Kier alpha value is -3.92. The van der Waals surface area contributed by atoms with E-state index in [1.807, 2.05) is 0 Å². The van der Waals surface area contributed by atoms with Crippen LogP contribution in [0.25, 0.3) is 10.8 Å². The molecule has 35 atom stereocenters. The minimum atomic E-state index is -2.26. The number of fused-ring (bicyclic) bond motifs is 1. The molecule has 0 unspecified atom stereocenters. The van der Waals surface area contributed by atoms with E-state index < -0.39 is 261 Å². The van der Waals surface area contributed by atoms with Gasteiger partial charge in [-0.1, -0.05) is 17.3 Å².